The number of benzene rings is 1. The van der Waals surface area contributed by atoms with Gasteiger partial charge < -0.3 is 5.32 Å². The van der Waals surface area contributed by atoms with Gasteiger partial charge in [0.2, 0.25) is 0 Å². The van der Waals surface area contributed by atoms with E-state index in [0.717, 1.165) is 6.42 Å². The maximum absolute atomic E-state index is 3.73. The molecule has 0 amide bonds. The van der Waals surface area contributed by atoms with E-state index in [4.69, 9.17) is 0 Å². The second-order valence-electron chi connectivity index (χ2n) is 6.24. The molecule has 0 aliphatic heterocycles. The Morgan fingerprint density at radius 1 is 1.05 bits per heavy atom. The number of rotatable bonds is 7. The van der Waals surface area contributed by atoms with E-state index in [9.17, 15) is 0 Å². The summed E-state index contributed by atoms with van der Waals surface area (Å²) in [7, 11) is 0. The molecule has 0 saturated carbocycles. The SMILES string of the molecule is CCCCC(Cc1c(C)cc(C)cc1C)NC(C)C. The lowest BCUT2D eigenvalue weighted by molar-refractivity contribution is 0.424. The van der Waals surface area contributed by atoms with Gasteiger partial charge in [0.05, 0.1) is 0 Å². The molecule has 0 aromatic heterocycles. The first-order chi connectivity index (χ1) is 8.93. The summed E-state index contributed by atoms with van der Waals surface area (Å²) in [6.07, 6.45) is 5.04. The van der Waals surface area contributed by atoms with Crippen molar-refractivity contribution in [2.75, 3.05) is 0 Å². The standard InChI is InChI=1S/C18H31N/c1-7-8-9-17(19-13(2)3)12-18-15(5)10-14(4)11-16(18)6/h10-11,13,17,19H,7-9,12H2,1-6H3. The van der Waals surface area contributed by atoms with Gasteiger partial charge in [0.15, 0.2) is 0 Å². The fraction of sp³-hybridized carbons (Fsp3) is 0.667. The maximum atomic E-state index is 3.73. The number of hydrogen-bond donors (Lipinski definition) is 1. The molecule has 1 atom stereocenters. The van der Waals surface area contributed by atoms with E-state index in [1.165, 1.54) is 36.0 Å². The van der Waals surface area contributed by atoms with E-state index < -0.39 is 0 Å². The number of unbranched alkanes of at least 4 members (excludes halogenated alkanes) is 1. The Kier molecular flexibility index (Phi) is 6.57. The zero-order valence-electron chi connectivity index (χ0n) is 13.6. The predicted molar refractivity (Wildman–Crippen MR) is 85.9 cm³/mol. The second-order valence-corrected chi connectivity index (χ2v) is 6.24. The van der Waals surface area contributed by atoms with Gasteiger partial charge in [-0.05, 0) is 50.3 Å². The van der Waals surface area contributed by atoms with Gasteiger partial charge in [0.25, 0.3) is 0 Å². The smallest absolute Gasteiger partial charge is 0.0110 e. The van der Waals surface area contributed by atoms with Crippen molar-refractivity contribution in [2.45, 2.75) is 79.3 Å². The Morgan fingerprint density at radius 3 is 2.11 bits per heavy atom. The van der Waals surface area contributed by atoms with Crippen molar-refractivity contribution in [1.29, 1.82) is 0 Å². The van der Waals surface area contributed by atoms with Gasteiger partial charge in [0.1, 0.15) is 0 Å². The van der Waals surface area contributed by atoms with E-state index in [2.05, 4.69) is 59.0 Å². The first kappa shape index (κ1) is 16.2. The molecule has 0 heterocycles. The minimum atomic E-state index is 0.563. The number of hydrogen-bond acceptors (Lipinski definition) is 1. The highest BCUT2D eigenvalue weighted by Crippen LogP contribution is 2.20. The van der Waals surface area contributed by atoms with Crippen molar-refractivity contribution in [1.82, 2.24) is 5.32 Å². The Bertz CT molecular complexity index is 370. The molecule has 1 nitrogen and oxygen atoms in total. The lowest BCUT2D eigenvalue weighted by atomic mass is 9.92. The molecule has 1 aromatic rings. The summed E-state index contributed by atoms with van der Waals surface area (Å²) in [6.45, 7) is 13.4. The molecule has 108 valence electrons. The Labute approximate surface area is 119 Å². The zero-order chi connectivity index (χ0) is 14.4. The molecule has 0 saturated heterocycles. The van der Waals surface area contributed by atoms with Crippen LogP contribution < -0.4 is 5.32 Å². The van der Waals surface area contributed by atoms with Crippen LogP contribution >= 0.6 is 0 Å². The molecule has 1 heteroatoms. The van der Waals surface area contributed by atoms with E-state index in [1.54, 1.807) is 5.56 Å². The fourth-order valence-electron chi connectivity index (χ4n) is 2.94. The molecule has 19 heavy (non-hydrogen) atoms. The van der Waals surface area contributed by atoms with Gasteiger partial charge >= 0.3 is 0 Å². The first-order valence-electron chi connectivity index (χ1n) is 7.76. The van der Waals surface area contributed by atoms with Crippen LogP contribution in [0.3, 0.4) is 0 Å². The lowest BCUT2D eigenvalue weighted by Gasteiger charge is -2.23. The Morgan fingerprint density at radius 2 is 1.63 bits per heavy atom. The van der Waals surface area contributed by atoms with Crippen LogP contribution in [0.25, 0.3) is 0 Å². The van der Waals surface area contributed by atoms with Gasteiger partial charge in [-0.1, -0.05) is 51.3 Å². The first-order valence-corrected chi connectivity index (χ1v) is 7.76. The van der Waals surface area contributed by atoms with Crippen LogP contribution in [0.2, 0.25) is 0 Å². The minimum Gasteiger partial charge on any atom is -0.311 e. The molecule has 0 fully saturated rings. The minimum absolute atomic E-state index is 0.563. The van der Waals surface area contributed by atoms with E-state index >= 15 is 0 Å². The molecule has 0 radical (unpaired) electrons. The molecule has 1 N–H and O–H groups in total. The molecule has 1 unspecified atom stereocenters. The third-order valence-electron chi connectivity index (χ3n) is 3.77. The van der Waals surface area contributed by atoms with E-state index in [1.807, 2.05) is 0 Å². The van der Waals surface area contributed by atoms with Crippen LogP contribution in [0.4, 0.5) is 0 Å². The topological polar surface area (TPSA) is 12.0 Å². The van der Waals surface area contributed by atoms with Crippen molar-refractivity contribution < 1.29 is 0 Å². The second kappa shape index (κ2) is 7.69. The molecular weight excluding hydrogens is 230 g/mol. The van der Waals surface area contributed by atoms with Gasteiger partial charge in [-0.2, -0.15) is 0 Å². The van der Waals surface area contributed by atoms with Crippen LogP contribution in [-0.4, -0.2) is 12.1 Å². The summed E-state index contributed by atoms with van der Waals surface area (Å²) in [5, 5.41) is 3.73. The molecule has 0 aliphatic carbocycles. The third kappa shape index (κ3) is 5.36. The zero-order valence-corrected chi connectivity index (χ0v) is 13.6. The number of aryl methyl sites for hydroxylation is 3. The van der Waals surface area contributed by atoms with E-state index in [-0.39, 0.29) is 0 Å². The molecule has 0 spiro atoms. The average molecular weight is 261 g/mol. The summed E-state index contributed by atoms with van der Waals surface area (Å²) in [6, 6.07) is 5.80. The predicted octanol–water partition coefficient (Wildman–Crippen LogP) is 4.71. The van der Waals surface area contributed by atoms with Gasteiger partial charge in [-0.25, -0.2) is 0 Å². The molecule has 1 aromatic carbocycles. The average Bonchev–Trinajstić information content (AvgIpc) is 2.29. The maximum Gasteiger partial charge on any atom is 0.0110 e. The molecule has 0 aliphatic rings. The third-order valence-corrected chi connectivity index (χ3v) is 3.77. The van der Waals surface area contributed by atoms with Gasteiger partial charge in [-0.15, -0.1) is 0 Å². The highest BCUT2D eigenvalue weighted by Gasteiger charge is 2.13. The highest BCUT2D eigenvalue weighted by molar-refractivity contribution is 5.38. The fourth-order valence-corrected chi connectivity index (χ4v) is 2.94. The molecular formula is C18H31N. The van der Waals surface area contributed by atoms with Crippen LogP contribution in [0, 0.1) is 20.8 Å². The monoisotopic (exact) mass is 261 g/mol. The van der Waals surface area contributed by atoms with Gasteiger partial charge in [0, 0.05) is 12.1 Å². The Balaban J connectivity index is 2.83. The van der Waals surface area contributed by atoms with Crippen molar-refractivity contribution in [2.24, 2.45) is 0 Å². The highest BCUT2D eigenvalue weighted by atomic mass is 14.9. The van der Waals surface area contributed by atoms with Crippen LogP contribution in [0.15, 0.2) is 12.1 Å². The van der Waals surface area contributed by atoms with Crippen molar-refractivity contribution in [3.63, 3.8) is 0 Å². The summed E-state index contributed by atoms with van der Waals surface area (Å²) in [5.74, 6) is 0. The van der Waals surface area contributed by atoms with Crippen LogP contribution in [-0.2, 0) is 6.42 Å². The molecule has 1 rings (SSSR count). The lowest BCUT2D eigenvalue weighted by Crippen LogP contribution is -2.36. The summed E-state index contributed by atoms with van der Waals surface area (Å²) in [5.41, 5.74) is 5.81. The van der Waals surface area contributed by atoms with Gasteiger partial charge in [-0.3, -0.25) is 0 Å². The van der Waals surface area contributed by atoms with Crippen molar-refractivity contribution in [3.8, 4) is 0 Å². The van der Waals surface area contributed by atoms with Crippen LogP contribution in [0.1, 0.15) is 62.3 Å². The quantitative estimate of drug-likeness (QED) is 0.749. The normalized spacial score (nSPS) is 13.0. The largest absolute Gasteiger partial charge is 0.311 e. The summed E-state index contributed by atoms with van der Waals surface area (Å²) in [4.78, 5) is 0. The number of nitrogens with one attached hydrogen (secondary N) is 1. The van der Waals surface area contributed by atoms with Crippen molar-refractivity contribution in [3.05, 3.63) is 34.4 Å². The summed E-state index contributed by atoms with van der Waals surface area (Å²) >= 11 is 0. The molecule has 0 bridgehead atoms. The Hall–Kier alpha value is -0.820. The van der Waals surface area contributed by atoms with Crippen LogP contribution in [0.5, 0.6) is 0 Å². The summed E-state index contributed by atoms with van der Waals surface area (Å²) < 4.78 is 0. The van der Waals surface area contributed by atoms with Crippen molar-refractivity contribution >= 4 is 0 Å². The van der Waals surface area contributed by atoms with E-state index in [0.29, 0.717) is 12.1 Å².